The summed E-state index contributed by atoms with van der Waals surface area (Å²) in [4.78, 5) is 0. The van der Waals surface area contributed by atoms with Crippen molar-refractivity contribution in [3.63, 3.8) is 0 Å². The Bertz CT molecular complexity index is 391. The van der Waals surface area contributed by atoms with Gasteiger partial charge in [0.2, 0.25) is 0 Å². The summed E-state index contributed by atoms with van der Waals surface area (Å²) in [6.07, 6.45) is -0.769. The third kappa shape index (κ3) is 3.56. The first-order valence-corrected chi connectivity index (χ1v) is 6.64. The highest BCUT2D eigenvalue weighted by molar-refractivity contribution is 5.32. The van der Waals surface area contributed by atoms with Crippen molar-refractivity contribution >= 4 is 0 Å². The predicted molar refractivity (Wildman–Crippen MR) is 75.7 cm³/mol. The lowest BCUT2D eigenvalue weighted by Crippen LogP contribution is -2.35. The lowest BCUT2D eigenvalue weighted by atomic mass is 9.82. The van der Waals surface area contributed by atoms with E-state index in [9.17, 15) is 5.11 Å². The van der Waals surface area contributed by atoms with Gasteiger partial charge >= 0.3 is 0 Å². The molecular weight excluding hydrogens is 224 g/mol. The van der Waals surface area contributed by atoms with Crippen molar-refractivity contribution < 1.29 is 9.84 Å². The van der Waals surface area contributed by atoms with Crippen LogP contribution in [-0.4, -0.2) is 17.8 Å². The average Bonchev–Trinajstić information content (AvgIpc) is 2.23. The number of rotatable bonds is 4. The second-order valence-electron chi connectivity index (χ2n) is 6.05. The maximum absolute atomic E-state index is 10.6. The SMILES string of the molecule is CCOC(C(O)c1ccc(C)cc1C)C(C)(C)C. The average molecular weight is 250 g/mol. The summed E-state index contributed by atoms with van der Waals surface area (Å²) in [6.45, 7) is 13.0. The molecule has 2 atom stereocenters. The summed E-state index contributed by atoms with van der Waals surface area (Å²) in [6, 6.07) is 6.15. The van der Waals surface area contributed by atoms with Crippen LogP contribution in [0.5, 0.6) is 0 Å². The molecule has 0 saturated carbocycles. The molecule has 0 radical (unpaired) electrons. The molecule has 2 unspecified atom stereocenters. The molecule has 0 amide bonds. The van der Waals surface area contributed by atoms with E-state index in [1.165, 1.54) is 5.56 Å². The molecule has 0 heterocycles. The number of benzene rings is 1. The summed E-state index contributed by atoms with van der Waals surface area (Å²) < 4.78 is 5.76. The Kier molecular flexibility index (Phi) is 4.94. The van der Waals surface area contributed by atoms with E-state index in [0.29, 0.717) is 6.61 Å². The molecule has 1 N–H and O–H groups in total. The number of aryl methyl sites for hydroxylation is 2. The van der Waals surface area contributed by atoms with Gasteiger partial charge in [-0.25, -0.2) is 0 Å². The van der Waals surface area contributed by atoms with Gasteiger partial charge in [-0.05, 0) is 37.3 Å². The molecular formula is C16H26O2. The van der Waals surface area contributed by atoms with Crippen LogP contribution in [0.3, 0.4) is 0 Å². The largest absolute Gasteiger partial charge is 0.386 e. The van der Waals surface area contributed by atoms with E-state index < -0.39 is 6.10 Å². The van der Waals surface area contributed by atoms with E-state index >= 15 is 0 Å². The minimum Gasteiger partial charge on any atom is -0.386 e. The minimum atomic E-state index is -0.578. The number of hydrogen-bond acceptors (Lipinski definition) is 2. The van der Waals surface area contributed by atoms with Crippen molar-refractivity contribution in [2.45, 2.75) is 53.8 Å². The number of aliphatic hydroxyl groups is 1. The molecule has 2 nitrogen and oxygen atoms in total. The van der Waals surface area contributed by atoms with Gasteiger partial charge in [0.15, 0.2) is 0 Å². The van der Waals surface area contributed by atoms with Gasteiger partial charge in [-0.3, -0.25) is 0 Å². The standard InChI is InChI=1S/C16H26O2/c1-7-18-15(16(4,5)6)14(17)13-9-8-11(2)10-12(13)3/h8-10,14-15,17H,7H2,1-6H3. The van der Waals surface area contributed by atoms with E-state index in [0.717, 1.165) is 11.1 Å². The molecule has 0 aliphatic carbocycles. The van der Waals surface area contributed by atoms with Gasteiger partial charge in [0.1, 0.15) is 6.10 Å². The zero-order valence-electron chi connectivity index (χ0n) is 12.4. The topological polar surface area (TPSA) is 29.5 Å². The molecule has 1 aromatic rings. The van der Waals surface area contributed by atoms with Gasteiger partial charge in [0.25, 0.3) is 0 Å². The summed E-state index contributed by atoms with van der Waals surface area (Å²) >= 11 is 0. The summed E-state index contributed by atoms with van der Waals surface area (Å²) in [7, 11) is 0. The third-order valence-electron chi connectivity index (χ3n) is 3.23. The molecule has 0 spiro atoms. The van der Waals surface area contributed by atoms with Crippen LogP contribution in [0.25, 0.3) is 0 Å². The Labute approximate surface area is 111 Å². The maximum atomic E-state index is 10.6. The van der Waals surface area contributed by atoms with Crippen LogP contribution < -0.4 is 0 Å². The fourth-order valence-electron chi connectivity index (χ4n) is 2.31. The predicted octanol–water partition coefficient (Wildman–Crippen LogP) is 3.79. The van der Waals surface area contributed by atoms with Crippen molar-refractivity contribution in [1.82, 2.24) is 0 Å². The fourth-order valence-corrected chi connectivity index (χ4v) is 2.31. The first kappa shape index (κ1) is 15.2. The molecule has 0 bridgehead atoms. The van der Waals surface area contributed by atoms with Crippen molar-refractivity contribution in [3.8, 4) is 0 Å². The third-order valence-corrected chi connectivity index (χ3v) is 3.23. The first-order valence-electron chi connectivity index (χ1n) is 6.64. The maximum Gasteiger partial charge on any atom is 0.106 e. The zero-order valence-corrected chi connectivity index (χ0v) is 12.4. The van der Waals surface area contributed by atoms with Crippen molar-refractivity contribution in [2.75, 3.05) is 6.61 Å². The number of ether oxygens (including phenoxy) is 1. The lowest BCUT2D eigenvalue weighted by molar-refractivity contribution is -0.0900. The van der Waals surface area contributed by atoms with Gasteiger partial charge < -0.3 is 9.84 Å². The van der Waals surface area contributed by atoms with Gasteiger partial charge in [0.05, 0.1) is 6.10 Å². The van der Waals surface area contributed by atoms with E-state index in [4.69, 9.17) is 4.74 Å². The molecule has 102 valence electrons. The van der Waals surface area contributed by atoms with Crippen molar-refractivity contribution in [2.24, 2.45) is 5.41 Å². The highest BCUT2D eigenvalue weighted by Crippen LogP contribution is 2.34. The number of hydrogen-bond donors (Lipinski definition) is 1. The van der Waals surface area contributed by atoms with E-state index in [1.807, 2.05) is 26.0 Å². The second-order valence-corrected chi connectivity index (χ2v) is 6.05. The monoisotopic (exact) mass is 250 g/mol. The highest BCUT2D eigenvalue weighted by atomic mass is 16.5. The fraction of sp³-hybridized carbons (Fsp3) is 0.625. The molecule has 2 heteroatoms. The smallest absolute Gasteiger partial charge is 0.106 e. The van der Waals surface area contributed by atoms with Crippen LogP contribution in [0.2, 0.25) is 0 Å². The van der Waals surface area contributed by atoms with Crippen LogP contribution in [0.15, 0.2) is 18.2 Å². The molecule has 0 aliphatic rings. The summed E-state index contributed by atoms with van der Waals surface area (Å²) in [5, 5.41) is 10.6. The van der Waals surface area contributed by atoms with Crippen LogP contribution in [-0.2, 0) is 4.74 Å². The van der Waals surface area contributed by atoms with Gasteiger partial charge in [-0.15, -0.1) is 0 Å². The normalized spacial score (nSPS) is 15.5. The minimum absolute atomic E-state index is 0.0905. The zero-order chi connectivity index (χ0) is 13.9. The van der Waals surface area contributed by atoms with Crippen LogP contribution in [0.1, 0.15) is 50.5 Å². The first-order chi connectivity index (χ1) is 8.27. The van der Waals surface area contributed by atoms with Crippen molar-refractivity contribution in [1.29, 1.82) is 0 Å². The quantitative estimate of drug-likeness (QED) is 0.881. The Morgan fingerprint density at radius 1 is 1.22 bits per heavy atom. The Morgan fingerprint density at radius 3 is 2.28 bits per heavy atom. The second kappa shape index (κ2) is 5.85. The van der Waals surface area contributed by atoms with Gasteiger partial charge in [0, 0.05) is 6.61 Å². The number of aliphatic hydroxyl groups excluding tert-OH is 1. The van der Waals surface area contributed by atoms with Crippen LogP contribution >= 0.6 is 0 Å². The molecule has 1 aromatic carbocycles. The van der Waals surface area contributed by atoms with Gasteiger partial charge in [-0.1, -0.05) is 44.5 Å². The summed E-state index contributed by atoms with van der Waals surface area (Å²) in [5.74, 6) is 0. The van der Waals surface area contributed by atoms with Crippen LogP contribution in [0.4, 0.5) is 0 Å². The molecule has 1 rings (SSSR count). The van der Waals surface area contributed by atoms with E-state index in [2.05, 4.69) is 33.8 Å². The van der Waals surface area contributed by atoms with E-state index in [-0.39, 0.29) is 11.5 Å². The Hall–Kier alpha value is -0.860. The van der Waals surface area contributed by atoms with E-state index in [1.54, 1.807) is 0 Å². The van der Waals surface area contributed by atoms with Gasteiger partial charge in [-0.2, -0.15) is 0 Å². The molecule has 18 heavy (non-hydrogen) atoms. The molecule has 0 aliphatic heterocycles. The van der Waals surface area contributed by atoms with Crippen LogP contribution in [0, 0.1) is 19.3 Å². The molecule has 0 fully saturated rings. The Balaban J connectivity index is 3.05. The lowest BCUT2D eigenvalue weighted by Gasteiger charge is -2.34. The molecule has 0 aromatic heterocycles. The summed E-state index contributed by atoms with van der Waals surface area (Å²) in [5.41, 5.74) is 3.21. The molecule has 0 saturated heterocycles. The Morgan fingerprint density at radius 2 is 1.83 bits per heavy atom. The van der Waals surface area contributed by atoms with Crippen molar-refractivity contribution in [3.05, 3.63) is 34.9 Å². The highest BCUT2D eigenvalue weighted by Gasteiger charge is 2.33.